The summed E-state index contributed by atoms with van der Waals surface area (Å²) in [5, 5.41) is 0. The lowest BCUT2D eigenvalue weighted by Gasteiger charge is -2.32. The molecule has 4 nitrogen and oxygen atoms in total. The number of piperidine rings is 1. The van der Waals surface area contributed by atoms with Crippen LogP contribution in [0.5, 0.6) is 0 Å². The summed E-state index contributed by atoms with van der Waals surface area (Å²) in [4.78, 5) is 14.6. The maximum absolute atomic E-state index is 12.5. The van der Waals surface area contributed by atoms with Crippen LogP contribution in [0.1, 0.15) is 30.7 Å². The van der Waals surface area contributed by atoms with E-state index in [1.807, 2.05) is 11.0 Å². The maximum atomic E-state index is 12.5. The molecule has 2 atom stereocenters. The summed E-state index contributed by atoms with van der Waals surface area (Å²) in [6, 6.07) is 10.4. The summed E-state index contributed by atoms with van der Waals surface area (Å²) in [7, 11) is 0. The van der Waals surface area contributed by atoms with Crippen LogP contribution in [0.2, 0.25) is 0 Å². The van der Waals surface area contributed by atoms with Crippen molar-refractivity contribution in [2.24, 2.45) is 11.7 Å². The normalized spacial score (nSPS) is 25.9. The number of amides is 1. The average molecular weight is 288 g/mol. The molecular weight excluding hydrogens is 264 g/mol. The van der Waals surface area contributed by atoms with Gasteiger partial charge in [-0.2, -0.15) is 0 Å². The van der Waals surface area contributed by atoms with Gasteiger partial charge in [0.05, 0.1) is 12.7 Å². The minimum atomic E-state index is 0.203. The van der Waals surface area contributed by atoms with E-state index in [1.165, 1.54) is 5.56 Å². The predicted molar refractivity (Wildman–Crippen MR) is 81.9 cm³/mol. The zero-order valence-electron chi connectivity index (χ0n) is 12.4. The molecule has 3 rings (SSSR count). The number of likely N-dealkylation sites (tertiary alicyclic amines) is 1. The van der Waals surface area contributed by atoms with Gasteiger partial charge in [0.1, 0.15) is 0 Å². The number of hydrogen-bond donors (Lipinski definition) is 1. The Balaban J connectivity index is 1.48. The third-order valence-electron chi connectivity index (χ3n) is 4.56. The molecule has 1 aromatic rings. The molecule has 0 radical (unpaired) electrons. The third kappa shape index (κ3) is 3.44. The van der Waals surface area contributed by atoms with Crippen molar-refractivity contribution < 1.29 is 9.53 Å². The first kappa shape index (κ1) is 14.5. The number of nitrogens with two attached hydrogens (primary N) is 1. The Morgan fingerprint density at radius 3 is 2.62 bits per heavy atom. The fourth-order valence-corrected chi connectivity index (χ4v) is 3.25. The van der Waals surface area contributed by atoms with Gasteiger partial charge in [0.15, 0.2) is 0 Å². The SMILES string of the molecule is NCCOC1CCN(C(=O)C2CC2c2ccccc2)CC1. The zero-order chi connectivity index (χ0) is 14.7. The largest absolute Gasteiger partial charge is 0.377 e. The Labute approximate surface area is 126 Å². The summed E-state index contributed by atoms with van der Waals surface area (Å²) >= 11 is 0. The molecular formula is C17H24N2O2. The van der Waals surface area contributed by atoms with Crippen LogP contribution in [0.4, 0.5) is 0 Å². The number of hydrogen-bond acceptors (Lipinski definition) is 3. The molecule has 0 spiro atoms. The van der Waals surface area contributed by atoms with Crippen LogP contribution >= 0.6 is 0 Å². The quantitative estimate of drug-likeness (QED) is 0.898. The third-order valence-corrected chi connectivity index (χ3v) is 4.56. The minimum Gasteiger partial charge on any atom is -0.377 e. The molecule has 2 fully saturated rings. The molecule has 2 unspecified atom stereocenters. The number of ether oxygens (including phenoxy) is 1. The van der Waals surface area contributed by atoms with E-state index in [1.54, 1.807) is 0 Å². The second-order valence-corrected chi connectivity index (χ2v) is 6.04. The maximum Gasteiger partial charge on any atom is 0.226 e. The Hall–Kier alpha value is -1.39. The van der Waals surface area contributed by atoms with Gasteiger partial charge in [0, 0.05) is 25.6 Å². The van der Waals surface area contributed by atoms with E-state index < -0.39 is 0 Å². The molecule has 1 heterocycles. The Bertz CT molecular complexity index is 469. The standard InChI is InChI=1S/C17H24N2O2/c18-8-11-21-14-6-9-19(10-7-14)17(20)16-12-15(16)13-4-2-1-3-5-13/h1-5,14-16H,6-12,18H2. The summed E-state index contributed by atoms with van der Waals surface area (Å²) in [5.41, 5.74) is 6.75. The van der Waals surface area contributed by atoms with Gasteiger partial charge in [-0.1, -0.05) is 30.3 Å². The van der Waals surface area contributed by atoms with Crippen molar-refractivity contribution in [2.75, 3.05) is 26.2 Å². The van der Waals surface area contributed by atoms with Crippen molar-refractivity contribution in [1.29, 1.82) is 0 Å². The van der Waals surface area contributed by atoms with Gasteiger partial charge >= 0.3 is 0 Å². The average Bonchev–Trinajstić information content (AvgIpc) is 3.34. The van der Waals surface area contributed by atoms with Gasteiger partial charge in [0.2, 0.25) is 5.91 Å². The monoisotopic (exact) mass is 288 g/mol. The summed E-state index contributed by atoms with van der Waals surface area (Å²) in [6.45, 7) is 2.84. The minimum absolute atomic E-state index is 0.203. The van der Waals surface area contributed by atoms with Crippen LogP contribution < -0.4 is 5.73 Å². The molecule has 2 N–H and O–H groups in total. The van der Waals surface area contributed by atoms with Gasteiger partial charge in [-0.15, -0.1) is 0 Å². The second kappa shape index (κ2) is 6.58. The van der Waals surface area contributed by atoms with Crippen LogP contribution in [-0.4, -0.2) is 43.2 Å². The second-order valence-electron chi connectivity index (χ2n) is 6.04. The van der Waals surface area contributed by atoms with E-state index in [-0.39, 0.29) is 12.0 Å². The van der Waals surface area contributed by atoms with E-state index in [9.17, 15) is 4.79 Å². The van der Waals surface area contributed by atoms with Gasteiger partial charge in [-0.05, 0) is 30.7 Å². The summed E-state index contributed by atoms with van der Waals surface area (Å²) in [5.74, 6) is 0.972. The topological polar surface area (TPSA) is 55.6 Å². The van der Waals surface area contributed by atoms with Crippen LogP contribution in [0.3, 0.4) is 0 Å². The molecule has 1 saturated heterocycles. The molecule has 2 aliphatic rings. The molecule has 21 heavy (non-hydrogen) atoms. The Kier molecular flexibility index (Phi) is 4.56. The first-order valence-corrected chi connectivity index (χ1v) is 7.95. The number of nitrogens with zero attached hydrogens (tertiary/aromatic N) is 1. The molecule has 0 aromatic heterocycles. The van der Waals surface area contributed by atoms with Crippen LogP contribution in [-0.2, 0) is 9.53 Å². The molecule has 1 aliphatic heterocycles. The van der Waals surface area contributed by atoms with Crippen molar-refractivity contribution in [3.63, 3.8) is 0 Å². The van der Waals surface area contributed by atoms with E-state index >= 15 is 0 Å². The lowest BCUT2D eigenvalue weighted by atomic mass is 10.1. The van der Waals surface area contributed by atoms with Gasteiger partial charge in [-0.3, -0.25) is 4.79 Å². The molecule has 1 amide bonds. The highest BCUT2D eigenvalue weighted by Gasteiger charge is 2.46. The molecule has 1 saturated carbocycles. The van der Waals surface area contributed by atoms with E-state index in [4.69, 9.17) is 10.5 Å². The summed E-state index contributed by atoms with van der Waals surface area (Å²) < 4.78 is 5.66. The number of carbonyl (C=O) groups excluding carboxylic acids is 1. The van der Waals surface area contributed by atoms with Crippen molar-refractivity contribution in [3.05, 3.63) is 35.9 Å². The Morgan fingerprint density at radius 1 is 1.24 bits per heavy atom. The molecule has 1 aromatic carbocycles. The zero-order valence-corrected chi connectivity index (χ0v) is 12.4. The Morgan fingerprint density at radius 2 is 1.95 bits per heavy atom. The fourth-order valence-electron chi connectivity index (χ4n) is 3.25. The highest BCUT2D eigenvalue weighted by atomic mass is 16.5. The van der Waals surface area contributed by atoms with Crippen LogP contribution in [0.25, 0.3) is 0 Å². The molecule has 0 bridgehead atoms. The number of carbonyl (C=O) groups is 1. The number of rotatable bonds is 5. The van der Waals surface area contributed by atoms with Crippen LogP contribution in [0.15, 0.2) is 30.3 Å². The lowest BCUT2D eigenvalue weighted by Crippen LogP contribution is -2.42. The highest BCUT2D eigenvalue weighted by Crippen LogP contribution is 2.48. The van der Waals surface area contributed by atoms with Crippen LogP contribution in [0, 0.1) is 5.92 Å². The fraction of sp³-hybridized carbons (Fsp3) is 0.588. The van der Waals surface area contributed by atoms with Gasteiger partial charge in [0.25, 0.3) is 0 Å². The van der Waals surface area contributed by atoms with Crippen molar-refractivity contribution in [3.8, 4) is 0 Å². The number of benzene rings is 1. The lowest BCUT2D eigenvalue weighted by molar-refractivity contribution is -0.135. The first-order valence-electron chi connectivity index (χ1n) is 7.95. The predicted octanol–water partition coefficient (Wildman–Crippen LogP) is 1.76. The van der Waals surface area contributed by atoms with Gasteiger partial charge < -0.3 is 15.4 Å². The van der Waals surface area contributed by atoms with Gasteiger partial charge in [-0.25, -0.2) is 0 Å². The van der Waals surface area contributed by atoms with E-state index in [0.29, 0.717) is 25.0 Å². The van der Waals surface area contributed by atoms with E-state index in [0.717, 1.165) is 32.4 Å². The molecule has 4 heteroatoms. The first-order chi connectivity index (χ1) is 10.3. The molecule has 114 valence electrons. The smallest absolute Gasteiger partial charge is 0.226 e. The van der Waals surface area contributed by atoms with Crippen molar-refractivity contribution in [2.45, 2.75) is 31.3 Å². The highest BCUT2D eigenvalue weighted by molar-refractivity contribution is 5.83. The van der Waals surface area contributed by atoms with Crippen molar-refractivity contribution >= 4 is 5.91 Å². The van der Waals surface area contributed by atoms with E-state index in [2.05, 4.69) is 24.3 Å². The molecule has 1 aliphatic carbocycles. The van der Waals surface area contributed by atoms with Crippen molar-refractivity contribution in [1.82, 2.24) is 4.90 Å². The summed E-state index contributed by atoms with van der Waals surface area (Å²) in [6.07, 6.45) is 3.16.